The van der Waals surface area contributed by atoms with Crippen LogP contribution in [0.1, 0.15) is 49.7 Å². The van der Waals surface area contributed by atoms with Crippen LogP contribution in [0.4, 0.5) is 0 Å². The molecule has 0 spiro atoms. The Labute approximate surface area is 120 Å². The van der Waals surface area contributed by atoms with E-state index in [2.05, 4.69) is 17.4 Å². The van der Waals surface area contributed by atoms with Crippen molar-refractivity contribution in [1.82, 2.24) is 5.32 Å². The van der Waals surface area contributed by atoms with Gasteiger partial charge in [0.25, 0.3) is 0 Å². The lowest BCUT2D eigenvalue weighted by atomic mass is 9.96. The number of esters is 1. The highest BCUT2D eigenvalue weighted by Crippen LogP contribution is 2.22. The maximum Gasteiger partial charge on any atom is 0.323 e. The standard InChI is InChI=1S/C17H23NO2/c19-17(20-15-9-3-1-2-4-10-15)16-11-13-7-5-6-8-14(13)12-18-16/h5-8,15-16,18H,1-4,9-12H2/t16-/m0/s1. The molecule has 2 aliphatic rings. The highest BCUT2D eigenvalue weighted by atomic mass is 16.5. The summed E-state index contributed by atoms with van der Waals surface area (Å²) in [6.45, 7) is 0.764. The lowest BCUT2D eigenvalue weighted by Gasteiger charge is -2.26. The molecule has 1 aliphatic carbocycles. The minimum absolute atomic E-state index is 0.0635. The first-order valence-electron chi connectivity index (χ1n) is 7.83. The molecule has 1 saturated carbocycles. The molecule has 3 nitrogen and oxygen atoms in total. The SMILES string of the molecule is O=C(OC1CCCCCC1)[C@@H]1Cc2ccccc2CN1. The van der Waals surface area contributed by atoms with Crippen molar-refractivity contribution in [2.75, 3.05) is 0 Å². The van der Waals surface area contributed by atoms with E-state index >= 15 is 0 Å². The summed E-state index contributed by atoms with van der Waals surface area (Å²) < 4.78 is 5.72. The zero-order valence-corrected chi connectivity index (χ0v) is 11.9. The largest absolute Gasteiger partial charge is 0.461 e. The number of rotatable bonds is 2. The quantitative estimate of drug-likeness (QED) is 0.665. The topological polar surface area (TPSA) is 38.3 Å². The van der Waals surface area contributed by atoms with Crippen LogP contribution in [0.25, 0.3) is 0 Å². The van der Waals surface area contributed by atoms with Crippen LogP contribution in [-0.2, 0) is 22.5 Å². The average Bonchev–Trinajstić information content (AvgIpc) is 2.75. The highest BCUT2D eigenvalue weighted by Gasteiger charge is 2.27. The van der Waals surface area contributed by atoms with Crippen molar-refractivity contribution in [1.29, 1.82) is 0 Å². The van der Waals surface area contributed by atoms with Gasteiger partial charge in [0.2, 0.25) is 0 Å². The number of nitrogens with one attached hydrogen (secondary N) is 1. The summed E-state index contributed by atoms with van der Waals surface area (Å²) in [4.78, 5) is 12.3. The molecule has 0 bridgehead atoms. The summed E-state index contributed by atoms with van der Waals surface area (Å²) in [5.41, 5.74) is 2.57. The zero-order chi connectivity index (χ0) is 13.8. The lowest BCUT2D eigenvalue weighted by molar-refractivity contribution is -0.152. The van der Waals surface area contributed by atoms with E-state index < -0.39 is 0 Å². The van der Waals surface area contributed by atoms with Gasteiger partial charge in [0, 0.05) is 6.54 Å². The molecule has 1 fully saturated rings. The number of hydrogen-bond acceptors (Lipinski definition) is 3. The second kappa shape index (κ2) is 6.40. The summed E-state index contributed by atoms with van der Waals surface area (Å²) in [6.07, 6.45) is 7.92. The third-order valence-corrected chi connectivity index (χ3v) is 4.45. The van der Waals surface area contributed by atoms with Crippen LogP contribution in [0.15, 0.2) is 24.3 Å². The van der Waals surface area contributed by atoms with Crippen molar-refractivity contribution < 1.29 is 9.53 Å². The van der Waals surface area contributed by atoms with Crippen LogP contribution in [0.5, 0.6) is 0 Å². The first-order valence-corrected chi connectivity index (χ1v) is 7.83. The summed E-state index contributed by atoms with van der Waals surface area (Å²) in [6, 6.07) is 8.15. The zero-order valence-electron chi connectivity index (χ0n) is 11.9. The van der Waals surface area contributed by atoms with E-state index in [1.165, 1.54) is 36.8 Å². The van der Waals surface area contributed by atoms with Crippen molar-refractivity contribution in [2.45, 2.75) is 63.6 Å². The first-order chi connectivity index (χ1) is 9.83. The molecule has 1 N–H and O–H groups in total. The molecular formula is C17H23NO2. The van der Waals surface area contributed by atoms with Crippen LogP contribution in [0, 0.1) is 0 Å². The Kier molecular flexibility index (Phi) is 4.36. The fourth-order valence-corrected chi connectivity index (χ4v) is 3.23. The molecule has 0 amide bonds. The molecule has 1 aromatic rings. The molecule has 20 heavy (non-hydrogen) atoms. The summed E-state index contributed by atoms with van der Waals surface area (Å²) in [5, 5.41) is 3.31. The fourth-order valence-electron chi connectivity index (χ4n) is 3.23. The number of hydrogen-bond donors (Lipinski definition) is 1. The van der Waals surface area contributed by atoms with Gasteiger partial charge in [0.15, 0.2) is 0 Å². The fraction of sp³-hybridized carbons (Fsp3) is 0.588. The second-order valence-corrected chi connectivity index (χ2v) is 5.96. The number of fused-ring (bicyclic) bond motifs is 1. The number of ether oxygens (including phenoxy) is 1. The molecule has 3 rings (SSSR count). The van der Waals surface area contributed by atoms with Crippen LogP contribution in [0.2, 0.25) is 0 Å². The Balaban J connectivity index is 1.58. The normalized spacial score (nSPS) is 23.7. The van der Waals surface area contributed by atoms with E-state index in [1.54, 1.807) is 0 Å². The summed E-state index contributed by atoms with van der Waals surface area (Å²) >= 11 is 0. The summed E-state index contributed by atoms with van der Waals surface area (Å²) in [5.74, 6) is -0.0635. The molecule has 0 aromatic heterocycles. The van der Waals surface area contributed by atoms with Crippen LogP contribution in [-0.4, -0.2) is 18.1 Å². The lowest BCUT2D eigenvalue weighted by Crippen LogP contribution is -2.43. The minimum atomic E-state index is -0.173. The van der Waals surface area contributed by atoms with E-state index in [0.717, 1.165) is 25.8 Å². The average molecular weight is 273 g/mol. The maximum atomic E-state index is 12.3. The van der Waals surface area contributed by atoms with Gasteiger partial charge in [-0.15, -0.1) is 0 Å². The van der Waals surface area contributed by atoms with Crippen LogP contribution >= 0.6 is 0 Å². The third kappa shape index (κ3) is 3.21. The van der Waals surface area contributed by atoms with Gasteiger partial charge in [-0.05, 0) is 43.2 Å². The van der Waals surface area contributed by atoms with Crippen molar-refractivity contribution in [2.24, 2.45) is 0 Å². The van der Waals surface area contributed by atoms with Gasteiger partial charge in [0.05, 0.1) is 0 Å². The molecule has 0 radical (unpaired) electrons. The van der Waals surface area contributed by atoms with Gasteiger partial charge in [-0.2, -0.15) is 0 Å². The minimum Gasteiger partial charge on any atom is -0.461 e. The molecule has 0 unspecified atom stereocenters. The Bertz CT molecular complexity index is 464. The Morgan fingerprint density at radius 3 is 2.50 bits per heavy atom. The molecule has 1 heterocycles. The number of benzene rings is 1. The van der Waals surface area contributed by atoms with Gasteiger partial charge in [-0.3, -0.25) is 4.79 Å². The predicted molar refractivity (Wildman–Crippen MR) is 78.4 cm³/mol. The Morgan fingerprint density at radius 1 is 1.05 bits per heavy atom. The Hall–Kier alpha value is -1.35. The molecule has 108 valence electrons. The van der Waals surface area contributed by atoms with Crippen LogP contribution < -0.4 is 5.32 Å². The molecule has 1 aliphatic heterocycles. The van der Waals surface area contributed by atoms with E-state index in [4.69, 9.17) is 4.74 Å². The third-order valence-electron chi connectivity index (χ3n) is 4.45. The predicted octanol–water partition coefficient (Wildman–Crippen LogP) is 2.97. The van der Waals surface area contributed by atoms with E-state index in [0.29, 0.717) is 0 Å². The maximum absolute atomic E-state index is 12.3. The Morgan fingerprint density at radius 2 is 1.75 bits per heavy atom. The molecule has 1 atom stereocenters. The van der Waals surface area contributed by atoms with Gasteiger partial charge in [0.1, 0.15) is 12.1 Å². The summed E-state index contributed by atoms with van der Waals surface area (Å²) in [7, 11) is 0. The van der Waals surface area contributed by atoms with E-state index in [-0.39, 0.29) is 18.1 Å². The van der Waals surface area contributed by atoms with Crippen molar-refractivity contribution in [3.8, 4) is 0 Å². The van der Waals surface area contributed by atoms with Gasteiger partial charge < -0.3 is 10.1 Å². The van der Waals surface area contributed by atoms with Crippen molar-refractivity contribution in [3.05, 3.63) is 35.4 Å². The number of carbonyl (C=O) groups excluding carboxylic acids is 1. The van der Waals surface area contributed by atoms with E-state index in [9.17, 15) is 4.79 Å². The van der Waals surface area contributed by atoms with E-state index in [1.807, 2.05) is 12.1 Å². The molecule has 1 aromatic carbocycles. The van der Waals surface area contributed by atoms with Gasteiger partial charge in [-0.1, -0.05) is 37.1 Å². The molecule has 0 saturated heterocycles. The highest BCUT2D eigenvalue weighted by molar-refractivity contribution is 5.76. The number of carbonyl (C=O) groups is 1. The van der Waals surface area contributed by atoms with Gasteiger partial charge >= 0.3 is 5.97 Å². The van der Waals surface area contributed by atoms with Gasteiger partial charge in [-0.25, -0.2) is 0 Å². The van der Waals surface area contributed by atoms with Crippen LogP contribution in [0.3, 0.4) is 0 Å². The smallest absolute Gasteiger partial charge is 0.323 e. The first kappa shape index (κ1) is 13.6. The second-order valence-electron chi connectivity index (χ2n) is 5.96. The molecule has 3 heteroatoms. The molecular weight excluding hydrogens is 250 g/mol. The monoisotopic (exact) mass is 273 g/mol. The van der Waals surface area contributed by atoms with Crippen molar-refractivity contribution >= 4 is 5.97 Å². The van der Waals surface area contributed by atoms with Crippen molar-refractivity contribution in [3.63, 3.8) is 0 Å².